The molecule has 0 radical (unpaired) electrons. The molecule has 0 amide bonds. The van der Waals surface area contributed by atoms with E-state index in [4.69, 9.17) is 9.16 Å². The van der Waals surface area contributed by atoms with Crippen LogP contribution in [0, 0.1) is 30.1 Å². The second kappa shape index (κ2) is 14.6. The molecular weight excluding hydrogens is 604 g/mol. The number of hydrogen-bond donors (Lipinski definition) is 0. The van der Waals surface area contributed by atoms with Crippen LogP contribution in [0.2, 0.25) is 18.1 Å². The van der Waals surface area contributed by atoms with Gasteiger partial charge in [0.1, 0.15) is 11.9 Å². The number of alkyl halides is 3. The maximum atomic E-state index is 14.2. The summed E-state index contributed by atoms with van der Waals surface area (Å²) in [5, 5.41) is 2.57. The van der Waals surface area contributed by atoms with Crippen molar-refractivity contribution in [2.24, 2.45) is 23.2 Å². The van der Waals surface area contributed by atoms with Crippen LogP contribution < -0.4 is 0 Å². The quantitative estimate of drug-likeness (QED) is 0.184. The van der Waals surface area contributed by atoms with Crippen molar-refractivity contribution in [1.29, 1.82) is 0 Å². The minimum atomic E-state index is -4.56. The molecule has 0 N–H and O–H groups in total. The Labute approximate surface area is 267 Å². The standard InChI is InChI=1S/C34H52F3NO4SSi/c1-21-14-13-15-26(34(35,36)37)16-17-28(22(2)18-27-20-43-25(5)38-27)41-29(39)19-23(3)33(9,10)31(40)24(4)30(21)42-44(11,12)32(6,7)8/h13-14,16,18,20-21,23-24,28,30H,15,17,19H2,1-12H3/b14-13+,22-18+,26-16+/t21-,23-,24+,28-,30-/m0/s1. The van der Waals surface area contributed by atoms with Gasteiger partial charge in [-0.2, -0.15) is 13.2 Å². The van der Waals surface area contributed by atoms with Gasteiger partial charge in [-0.05, 0) is 61.9 Å². The van der Waals surface area contributed by atoms with Gasteiger partial charge in [0, 0.05) is 35.1 Å². The molecule has 1 aromatic heterocycles. The van der Waals surface area contributed by atoms with E-state index in [-0.39, 0.29) is 41.9 Å². The fourth-order valence-electron chi connectivity index (χ4n) is 5.06. The lowest BCUT2D eigenvalue weighted by atomic mass is 9.69. The molecule has 0 spiro atoms. The number of thiazole rings is 1. The minimum absolute atomic E-state index is 0.0451. The summed E-state index contributed by atoms with van der Waals surface area (Å²) < 4.78 is 55.1. The third-order valence-electron chi connectivity index (χ3n) is 9.52. The fourth-order valence-corrected chi connectivity index (χ4v) is 7.08. The van der Waals surface area contributed by atoms with Gasteiger partial charge in [-0.1, -0.05) is 73.6 Å². The average Bonchev–Trinajstić information content (AvgIpc) is 3.29. The van der Waals surface area contributed by atoms with Crippen LogP contribution in [0.1, 0.15) is 92.3 Å². The molecule has 0 aliphatic carbocycles. The number of nitrogens with zero attached hydrogens (tertiary/aromatic N) is 1. The number of ketones is 1. The van der Waals surface area contributed by atoms with Crippen molar-refractivity contribution in [2.75, 3.05) is 0 Å². The van der Waals surface area contributed by atoms with Gasteiger partial charge >= 0.3 is 12.1 Å². The number of rotatable bonds is 4. The number of carbonyl (C=O) groups excluding carboxylic acids is 2. The number of hydrogen-bond acceptors (Lipinski definition) is 6. The monoisotopic (exact) mass is 655 g/mol. The molecule has 1 aromatic rings. The van der Waals surface area contributed by atoms with E-state index in [1.54, 1.807) is 19.1 Å². The van der Waals surface area contributed by atoms with E-state index in [9.17, 15) is 22.8 Å². The van der Waals surface area contributed by atoms with Crippen LogP contribution in [0.25, 0.3) is 6.08 Å². The molecule has 0 saturated heterocycles. The molecule has 10 heteroatoms. The van der Waals surface area contributed by atoms with Gasteiger partial charge in [-0.3, -0.25) is 9.59 Å². The molecular formula is C34H52F3NO4SSi. The van der Waals surface area contributed by atoms with E-state index < -0.39 is 49.6 Å². The van der Waals surface area contributed by atoms with Crippen molar-refractivity contribution in [2.45, 2.75) is 125 Å². The highest BCUT2D eigenvalue weighted by molar-refractivity contribution is 7.09. The lowest BCUT2D eigenvalue weighted by Crippen LogP contribution is -2.50. The molecule has 0 saturated carbocycles. The van der Waals surface area contributed by atoms with Crippen LogP contribution in [0.3, 0.4) is 0 Å². The first-order valence-corrected chi connectivity index (χ1v) is 19.2. The number of allylic oxidation sites excluding steroid dienone is 2. The summed E-state index contributed by atoms with van der Waals surface area (Å²) in [6.07, 6.45) is -0.405. The predicted octanol–water partition coefficient (Wildman–Crippen LogP) is 9.89. The second-order valence-electron chi connectivity index (χ2n) is 14.4. The molecule has 2 rings (SSSR count). The largest absolute Gasteiger partial charge is 0.457 e. The highest BCUT2D eigenvalue weighted by Crippen LogP contribution is 2.42. The van der Waals surface area contributed by atoms with E-state index >= 15 is 0 Å². The number of aryl methyl sites for hydroxylation is 1. The molecule has 248 valence electrons. The topological polar surface area (TPSA) is 65.5 Å². The van der Waals surface area contributed by atoms with Crippen molar-refractivity contribution in [3.05, 3.63) is 45.5 Å². The van der Waals surface area contributed by atoms with Crippen LogP contribution in [-0.4, -0.2) is 43.4 Å². The highest BCUT2D eigenvalue weighted by atomic mass is 32.1. The number of cyclic esters (lactones) is 1. The number of Topliss-reactive ketones (excluding diaryl/α,β-unsaturated/α-hetero) is 1. The predicted molar refractivity (Wildman–Crippen MR) is 176 cm³/mol. The summed E-state index contributed by atoms with van der Waals surface area (Å²) in [4.78, 5) is 31.8. The Kier molecular flexibility index (Phi) is 12.6. The molecule has 1 aliphatic heterocycles. The molecule has 1 aliphatic rings. The van der Waals surface area contributed by atoms with Gasteiger partial charge in [-0.15, -0.1) is 11.3 Å². The first kappa shape index (κ1) is 38.1. The van der Waals surface area contributed by atoms with Crippen LogP contribution in [0.15, 0.2) is 34.8 Å². The third-order valence-corrected chi connectivity index (χ3v) is 14.8. The summed E-state index contributed by atoms with van der Waals surface area (Å²) in [5.74, 6) is -1.86. The second-order valence-corrected chi connectivity index (χ2v) is 20.3. The fraction of sp³-hybridized carbons (Fsp3) is 0.676. The summed E-state index contributed by atoms with van der Waals surface area (Å²) in [6.45, 7) is 23.4. The summed E-state index contributed by atoms with van der Waals surface area (Å²) in [7, 11) is -2.35. The van der Waals surface area contributed by atoms with Gasteiger partial charge in [0.2, 0.25) is 0 Å². The number of ether oxygens (including phenoxy) is 1. The van der Waals surface area contributed by atoms with Crippen molar-refractivity contribution < 1.29 is 31.9 Å². The van der Waals surface area contributed by atoms with E-state index in [1.165, 1.54) is 17.4 Å². The highest BCUT2D eigenvalue weighted by Gasteiger charge is 2.46. The maximum Gasteiger partial charge on any atom is 0.412 e. The summed E-state index contributed by atoms with van der Waals surface area (Å²) in [5.41, 5.74) is -0.343. The Balaban J connectivity index is 2.61. The third kappa shape index (κ3) is 9.98. The normalized spacial score (nSPS) is 29.1. The SMILES string of the molecule is C/C(=C\c1csc(C)n1)[C@@H]1C/C=C(/C(F)(F)F)C/C=C/[C@H](C)[C@H](O[Si](C)(C)C(C)(C)C)[C@@H](C)C(=O)C(C)(C)[C@@H](C)CC(=O)O1. The molecule has 0 unspecified atom stereocenters. The van der Waals surface area contributed by atoms with Gasteiger partial charge < -0.3 is 9.16 Å². The Morgan fingerprint density at radius 3 is 2.30 bits per heavy atom. The number of carbonyl (C=O) groups is 2. The first-order chi connectivity index (χ1) is 20.0. The zero-order valence-electron chi connectivity index (χ0n) is 28.5. The van der Waals surface area contributed by atoms with E-state index in [0.29, 0.717) is 11.3 Å². The van der Waals surface area contributed by atoms with Crippen molar-refractivity contribution in [3.8, 4) is 0 Å². The van der Waals surface area contributed by atoms with Gasteiger partial charge in [0.15, 0.2) is 8.32 Å². The van der Waals surface area contributed by atoms with E-state index in [1.807, 2.05) is 46.9 Å². The van der Waals surface area contributed by atoms with E-state index in [0.717, 1.165) is 11.1 Å². The minimum Gasteiger partial charge on any atom is -0.457 e. The van der Waals surface area contributed by atoms with Crippen molar-refractivity contribution in [1.82, 2.24) is 4.98 Å². The number of esters is 1. The molecule has 0 fully saturated rings. The number of aromatic nitrogens is 1. The maximum absolute atomic E-state index is 14.2. The van der Waals surface area contributed by atoms with Gasteiger partial charge in [-0.25, -0.2) is 4.98 Å². The summed E-state index contributed by atoms with van der Waals surface area (Å²) in [6, 6.07) is 0. The number of halogens is 3. The Hall–Kier alpha value is -2.04. The molecule has 0 bridgehead atoms. The lowest BCUT2D eigenvalue weighted by Gasteiger charge is -2.43. The average molecular weight is 656 g/mol. The Morgan fingerprint density at radius 1 is 1.16 bits per heavy atom. The zero-order chi connectivity index (χ0) is 33.8. The lowest BCUT2D eigenvalue weighted by molar-refractivity contribution is -0.150. The zero-order valence-corrected chi connectivity index (χ0v) is 30.3. The smallest absolute Gasteiger partial charge is 0.412 e. The van der Waals surface area contributed by atoms with Crippen LogP contribution in [0.4, 0.5) is 13.2 Å². The van der Waals surface area contributed by atoms with E-state index in [2.05, 4.69) is 38.8 Å². The van der Waals surface area contributed by atoms with Crippen LogP contribution >= 0.6 is 11.3 Å². The summed E-state index contributed by atoms with van der Waals surface area (Å²) >= 11 is 1.46. The van der Waals surface area contributed by atoms with Crippen LogP contribution in [-0.2, 0) is 18.8 Å². The Morgan fingerprint density at radius 2 is 1.77 bits per heavy atom. The van der Waals surface area contributed by atoms with Crippen molar-refractivity contribution in [3.63, 3.8) is 0 Å². The van der Waals surface area contributed by atoms with Gasteiger partial charge in [0.05, 0.1) is 16.8 Å². The molecule has 5 nitrogen and oxygen atoms in total. The van der Waals surface area contributed by atoms with Crippen molar-refractivity contribution >= 4 is 37.5 Å². The first-order valence-electron chi connectivity index (χ1n) is 15.4. The molecule has 0 aromatic carbocycles. The van der Waals surface area contributed by atoms with Crippen LogP contribution in [0.5, 0.6) is 0 Å². The molecule has 2 heterocycles. The molecule has 5 atom stereocenters. The molecule has 44 heavy (non-hydrogen) atoms. The van der Waals surface area contributed by atoms with Gasteiger partial charge in [0.25, 0.3) is 0 Å². The Bertz CT molecular complexity index is 1260.